The number of hydrogen-bond acceptors (Lipinski definition) is 6. The molecule has 0 radical (unpaired) electrons. The van der Waals surface area contributed by atoms with Crippen LogP contribution in [-0.2, 0) is 0 Å². The zero-order valence-electron chi connectivity index (χ0n) is 19.7. The molecule has 0 N–H and O–H groups in total. The van der Waals surface area contributed by atoms with Crippen molar-refractivity contribution in [3.8, 4) is 22.6 Å². The van der Waals surface area contributed by atoms with E-state index in [4.69, 9.17) is 9.47 Å². The number of carbonyl (C=O) groups excluding carboxylic acids is 4. The van der Waals surface area contributed by atoms with Crippen molar-refractivity contribution in [2.75, 3.05) is 14.2 Å². The molecule has 6 nitrogen and oxygen atoms in total. The summed E-state index contributed by atoms with van der Waals surface area (Å²) in [6.07, 6.45) is 0. The molecule has 4 aromatic rings. The molecule has 0 spiro atoms. The third kappa shape index (κ3) is 5.13. The number of Topliss-reactive ketones (excluding diaryl/α,β-unsaturated/α-hetero) is 4. The van der Waals surface area contributed by atoms with Crippen molar-refractivity contribution in [1.29, 1.82) is 0 Å². The van der Waals surface area contributed by atoms with E-state index in [2.05, 4.69) is 0 Å². The van der Waals surface area contributed by atoms with E-state index in [1.807, 2.05) is 0 Å². The van der Waals surface area contributed by atoms with Gasteiger partial charge in [0, 0.05) is 22.3 Å². The molecule has 0 amide bonds. The van der Waals surface area contributed by atoms with Gasteiger partial charge in [-0.2, -0.15) is 0 Å². The van der Waals surface area contributed by atoms with Gasteiger partial charge in [0.2, 0.25) is 23.1 Å². The smallest absolute Gasteiger partial charge is 0.233 e. The summed E-state index contributed by atoms with van der Waals surface area (Å²) < 4.78 is 10.3. The first-order chi connectivity index (χ1) is 17.4. The van der Waals surface area contributed by atoms with Crippen molar-refractivity contribution in [3.63, 3.8) is 0 Å². The largest absolute Gasteiger partial charge is 0.497 e. The van der Waals surface area contributed by atoms with Gasteiger partial charge in [-0.15, -0.1) is 0 Å². The van der Waals surface area contributed by atoms with Crippen LogP contribution in [0.15, 0.2) is 97.1 Å². The summed E-state index contributed by atoms with van der Waals surface area (Å²) in [5.74, 6) is -1.67. The van der Waals surface area contributed by atoms with Crippen molar-refractivity contribution in [1.82, 2.24) is 0 Å². The summed E-state index contributed by atoms with van der Waals surface area (Å²) in [6, 6.07) is 26.0. The highest BCUT2D eigenvalue weighted by Gasteiger charge is 2.21. The third-order valence-electron chi connectivity index (χ3n) is 5.66. The van der Waals surface area contributed by atoms with Crippen LogP contribution >= 0.6 is 0 Å². The molecule has 0 aliphatic carbocycles. The summed E-state index contributed by atoms with van der Waals surface area (Å²) in [6.45, 7) is 0. The number of carbonyl (C=O) groups is 4. The fourth-order valence-electron chi connectivity index (χ4n) is 3.73. The van der Waals surface area contributed by atoms with Crippen LogP contribution in [0.1, 0.15) is 41.4 Å². The van der Waals surface area contributed by atoms with E-state index < -0.39 is 23.1 Å². The summed E-state index contributed by atoms with van der Waals surface area (Å²) >= 11 is 0. The molecule has 4 aromatic carbocycles. The molecule has 4 rings (SSSR count). The average molecular weight is 479 g/mol. The van der Waals surface area contributed by atoms with Crippen molar-refractivity contribution in [2.24, 2.45) is 0 Å². The molecule has 0 aromatic heterocycles. The first-order valence-electron chi connectivity index (χ1n) is 11.1. The van der Waals surface area contributed by atoms with Gasteiger partial charge in [0.25, 0.3) is 0 Å². The molecule has 36 heavy (non-hydrogen) atoms. The monoisotopic (exact) mass is 478 g/mol. The SMILES string of the molecule is COc1cccc(C(=O)C(=O)c2cccc(-c3cccc(C(=O)C(=O)c4cccc(OC)c4)c3)c2)c1. The Bertz CT molecular complexity index is 1370. The van der Waals surface area contributed by atoms with Crippen LogP contribution in [0.5, 0.6) is 11.5 Å². The quantitative estimate of drug-likeness (QED) is 0.233. The van der Waals surface area contributed by atoms with Gasteiger partial charge in [0.1, 0.15) is 11.5 Å². The standard InChI is InChI=1S/C30H22O6/c1-35-25-13-5-11-23(17-25)29(33)27(31)21-9-3-7-19(15-21)20-8-4-10-22(16-20)28(32)30(34)24-12-6-14-26(18-24)36-2/h3-18H,1-2H3. The highest BCUT2D eigenvalue weighted by Crippen LogP contribution is 2.24. The first-order valence-corrected chi connectivity index (χ1v) is 11.1. The number of benzene rings is 4. The summed E-state index contributed by atoms with van der Waals surface area (Å²) in [5, 5.41) is 0. The molecule has 0 atom stereocenters. The molecule has 0 saturated heterocycles. The highest BCUT2D eigenvalue weighted by molar-refractivity contribution is 6.50. The van der Waals surface area contributed by atoms with Gasteiger partial charge in [-0.25, -0.2) is 0 Å². The first kappa shape index (κ1) is 24.3. The van der Waals surface area contributed by atoms with Gasteiger partial charge >= 0.3 is 0 Å². The van der Waals surface area contributed by atoms with Crippen LogP contribution in [-0.4, -0.2) is 37.4 Å². The van der Waals surface area contributed by atoms with Gasteiger partial charge < -0.3 is 9.47 Å². The normalized spacial score (nSPS) is 10.4. The van der Waals surface area contributed by atoms with Crippen molar-refractivity contribution < 1.29 is 28.7 Å². The van der Waals surface area contributed by atoms with Crippen molar-refractivity contribution in [3.05, 3.63) is 119 Å². The van der Waals surface area contributed by atoms with E-state index in [-0.39, 0.29) is 22.3 Å². The van der Waals surface area contributed by atoms with E-state index in [1.165, 1.54) is 26.4 Å². The fourth-order valence-corrected chi connectivity index (χ4v) is 3.73. The maximum absolute atomic E-state index is 12.9. The van der Waals surface area contributed by atoms with E-state index in [0.29, 0.717) is 22.6 Å². The van der Waals surface area contributed by atoms with Gasteiger partial charge in [0.15, 0.2) is 0 Å². The zero-order valence-corrected chi connectivity index (χ0v) is 19.7. The number of methoxy groups -OCH3 is 2. The van der Waals surface area contributed by atoms with Gasteiger partial charge in [-0.1, -0.05) is 60.7 Å². The Balaban J connectivity index is 1.60. The molecule has 6 heteroatoms. The predicted molar refractivity (Wildman–Crippen MR) is 135 cm³/mol. The minimum Gasteiger partial charge on any atom is -0.497 e. The van der Waals surface area contributed by atoms with Crippen LogP contribution in [0.25, 0.3) is 11.1 Å². The lowest BCUT2D eigenvalue weighted by atomic mass is 9.95. The van der Waals surface area contributed by atoms with Crippen LogP contribution in [0.3, 0.4) is 0 Å². The molecule has 178 valence electrons. The Morgan fingerprint density at radius 3 is 1.08 bits per heavy atom. The Hall–Kier alpha value is -4.84. The van der Waals surface area contributed by atoms with Crippen LogP contribution in [0.4, 0.5) is 0 Å². The second-order valence-corrected chi connectivity index (χ2v) is 7.94. The van der Waals surface area contributed by atoms with Gasteiger partial charge in [0.05, 0.1) is 14.2 Å². The molecule has 0 bridgehead atoms. The molecular weight excluding hydrogens is 456 g/mol. The molecule has 0 aliphatic heterocycles. The third-order valence-corrected chi connectivity index (χ3v) is 5.66. The molecule has 0 unspecified atom stereocenters. The maximum Gasteiger partial charge on any atom is 0.233 e. The van der Waals surface area contributed by atoms with Crippen LogP contribution in [0.2, 0.25) is 0 Å². The summed E-state index contributed by atoms with van der Waals surface area (Å²) in [4.78, 5) is 51.3. The molecular formula is C30H22O6. The van der Waals surface area contributed by atoms with Crippen LogP contribution in [0, 0.1) is 0 Å². The number of hydrogen-bond donors (Lipinski definition) is 0. The predicted octanol–water partition coefficient (Wildman–Crippen LogP) is 5.50. The lowest BCUT2D eigenvalue weighted by molar-refractivity contribution is 0.0816. The summed E-state index contributed by atoms with van der Waals surface area (Å²) in [7, 11) is 2.97. The molecule has 0 aliphatic rings. The average Bonchev–Trinajstić information content (AvgIpc) is 2.95. The topological polar surface area (TPSA) is 86.7 Å². The second-order valence-electron chi connectivity index (χ2n) is 7.94. The molecule has 0 heterocycles. The Morgan fingerprint density at radius 2 is 0.750 bits per heavy atom. The lowest BCUT2D eigenvalue weighted by Crippen LogP contribution is -2.15. The molecule has 0 saturated carbocycles. The van der Waals surface area contributed by atoms with Gasteiger partial charge in [-0.3, -0.25) is 19.2 Å². The fraction of sp³-hybridized carbons (Fsp3) is 0.0667. The number of rotatable bonds is 9. The van der Waals surface area contributed by atoms with Gasteiger partial charge in [-0.05, 0) is 47.5 Å². The second kappa shape index (κ2) is 10.6. The number of ether oxygens (including phenoxy) is 2. The van der Waals surface area contributed by atoms with E-state index >= 15 is 0 Å². The Labute approximate surface area is 208 Å². The number of ketones is 4. The Morgan fingerprint density at radius 1 is 0.444 bits per heavy atom. The van der Waals surface area contributed by atoms with Crippen molar-refractivity contribution >= 4 is 23.1 Å². The minimum absolute atomic E-state index is 0.213. The van der Waals surface area contributed by atoms with Crippen molar-refractivity contribution in [2.45, 2.75) is 0 Å². The lowest BCUT2D eigenvalue weighted by Gasteiger charge is -2.08. The minimum atomic E-state index is -0.662. The maximum atomic E-state index is 12.9. The van der Waals surface area contributed by atoms with Crippen LogP contribution < -0.4 is 9.47 Å². The Kier molecular flexibility index (Phi) is 7.16. The van der Waals surface area contributed by atoms with E-state index in [9.17, 15) is 19.2 Å². The van der Waals surface area contributed by atoms with E-state index in [0.717, 1.165) is 0 Å². The highest BCUT2D eigenvalue weighted by atomic mass is 16.5. The van der Waals surface area contributed by atoms with E-state index in [1.54, 1.807) is 84.9 Å². The summed E-state index contributed by atoms with van der Waals surface area (Å²) in [5.41, 5.74) is 2.14. The molecule has 0 fully saturated rings. The zero-order chi connectivity index (χ0) is 25.7.